The first-order valence-corrected chi connectivity index (χ1v) is 9.61. The summed E-state index contributed by atoms with van der Waals surface area (Å²) >= 11 is 5.94. The highest BCUT2D eigenvalue weighted by Gasteiger charge is 2.40. The molecule has 3 rings (SSSR count). The molecule has 13 heteroatoms. The van der Waals surface area contributed by atoms with Crippen molar-refractivity contribution in [2.24, 2.45) is 5.41 Å². The molecule has 0 radical (unpaired) electrons. The second-order valence-corrected chi connectivity index (χ2v) is 7.73. The quantitative estimate of drug-likeness (QED) is 0.305. The Morgan fingerprint density at radius 3 is 2.38 bits per heavy atom. The minimum atomic E-state index is -1.84. The summed E-state index contributed by atoms with van der Waals surface area (Å²) in [6.07, 6.45) is 1.15. The first-order chi connectivity index (χ1) is 15.1. The van der Waals surface area contributed by atoms with Crippen LogP contribution in [-0.2, 0) is 25.8 Å². The van der Waals surface area contributed by atoms with E-state index < -0.39 is 40.9 Å². The Hall–Kier alpha value is -3.51. The van der Waals surface area contributed by atoms with E-state index in [1.165, 1.54) is 6.92 Å². The summed E-state index contributed by atoms with van der Waals surface area (Å²) < 4.78 is 11.4. The number of esters is 1. The lowest BCUT2D eigenvalue weighted by Gasteiger charge is -2.25. The van der Waals surface area contributed by atoms with Gasteiger partial charge in [-0.05, 0) is 31.5 Å². The minimum Gasteiger partial charge on any atom is -0.424 e. The molecule has 170 valence electrons. The number of halogens is 1. The molecule has 1 unspecified atom stereocenters. The summed E-state index contributed by atoms with van der Waals surface area (Å²) in [6.45, 7) is 1.30. The van der Waals surface area contributed by atoms with E-state index in [1.54, 1.807) is 37.4 Å². The third-order valence-corrected chi connectivity index (χ3v) is 5.11. The number of carbonyl (C=O) groups is 1. The molecule has 0 saturated carbocycles. The fourth-order valence-corrected chi connectivity index (χ4v) is 3.22. The van der Waals surface area contributed by atoms with Crippen molar-refractivity contribution in [3.05, 3.63) is 78.1 Å². The van der Waals surface area contributed by atoms with E-state index >= 15 is 0 Å². The Balaban J connectivity index is 1.89. The van der Waals surface area contributed by atoms with Gasteiger partial charge in [-0.1, -0.05) is 23.7 Å². The van der Waals surface area contributed by atoms with Crippen LogP contribution in [0.5, 0.6) is 5.75 Å². The molecule has 2 heterocycles. The zero-order valence-corrected chi connectivity index (χ0v) is 17.7. The lowest BCUT2D eigenvalue weighted by Crippen LogP contribution is -2.42. The average molecular weight is 468 g/mol. The number of fused-ring (bicyclic) bond motifs is 1. The SMILES string of the molecule is Cc1ncc2c(c1OC(=O)C(C)(CO[N+](=O)[O-])CO[N+](=O)[O-])COC2c1ccc(Cl)cc1. The van der Waals surface area contributed by atoms with Crippen LogP contribution in [0.2, 0.25) is 5.02 Å². The summed E-state index contributed by atoms with van der Waals surface area (Å²) in [6, 6.07) is 7.04. The second kappa shape index (κ2) is 9.32. The molecular formula is C19H18ClN3O9. The van der Waals surface area contributed by atoms with Crippen LogP contribution in [0.15, 0.2) is 30.5 Å². The minimum absolute atomic E-state index is 0.109. The number of hydrogen-bond acceptors (Lipinski definition) is 10. The van der Waals surface area contributed by atoms with E-state index in [9.17, 15) is 25.0 Å². The van der Waals surface area contributed by atoms with Gasteiger partial charge in [-0.2, -0.15) is 0 Å². The number of hydrogen-bond donors (Lipinski definition) is 0. The molecular weight excluding hydrogens is 450 g/mol. The van der Waals surface area contributed by atoms with Crippen molar-refractivity contribution in [1.82, 2.24) is 4.98 Å². The zero-order chi connectivity index (χ0) is 23.5. The largest absolute Gasteiger partial charge is 0.424 e. The molecule has 0 spiro atoms. The van der Waals surface area contributed by atoms with Crippen LogP contribution in [0, 0.1) is 32.6 Å². The molecule has 2 aromatic rings. The van der Waals surface area contributed by atoms with Gasteiger partial charge in [-0.3, -0.25) is 9.78 Å². The summed E-state index contributed by atoms with van der Waals surface area (Å²) in [5.74, 6) is -0.910. The maximum absolute atomic E-state index is 12.9. The Bertz CT molecular complexity index is 1030. The molecule has 0 N–H and O–H groups in total. The molecule has 0 amide bonds. The number of benzene rings is 1. The van der Waals surface area contributed by atoms with E-state index in [2.05, 4.69) is 14.7 Å². The number of carbonyl (C=O) groups excluding carboxylic acids is 1. The summed E-state index contributed by atoms with van der Waals surface area (Å²) in [4.78, 5) is 46.9. The topological polar surface area (TPSA) is 153 Å². The maximum Gasteiger partial charge on any atom is 0.321 e. The monoisotopic (exact) mass is 467 g/mol. The van der Waals surface area contributed by atoms with Gasteiger partial charge in [0.2, 0.25) is 0 Å². The third-order valence-electron chi connectivity index (χ3n) is 4.86. The van der Waals surface area contributed by atoms with E-state index in [0.29, 0.717) is 21.8 Å². The lowest BCUT2D eigenvalue weighted by molar-refractivity contribution is -0.770. The van der Waals surface area contributed by atoms with E-state index in [1.807, 2.05) is 0 Å². The number of pyridine rings is 1. The van der Waals surface area contributed by atoms with Gasteiger partial charge in [-0.15, -0.1) is 20.2 Å². The molecule has 0 fully saturated rings. The molecule has 1 aliphatic heterocycles. The average Bonchev–Trinajstić information content (AvgIpc) is 3.17. The van der Waals surface area contributed by atoms with Gasteiger partial charge in [0.25, 0.3) is 10.2 Å². The fourth-order valence-electron chi connectivity index (χ4n) is 3.10. The van der Waals surface area contributed by atoms with Crippen LogP contribution in [0.25, 0.3) is 0 Å². The molecule has 1 aliphatic rings. The van der Waals surface area contributed by atoms with Gasteiger partial charge in [0.1, 0.15) is 24.7 Å². The van der Waals surface area contributed by atoms with Crippen molar-refractivity contribution in [2.45, 2.75) is 26.6 Å². The van der Waals surface area contributed by atoms with Gasteiger partial charge in [0.15, 0.2) is 5.75 Å². The molecule has 0 aliphatic carbocycles. The maximum atomic E-state index is 12.9. The lowest BCUT2D eigenvalue weighted by atomic mass is 9.93. The van der Waals surface area contributed by atoms with Crippen molar-refractivity contribution in [1.29, 1.82) is 0 Å². The van der Waals surface area contributed by atoms with Gasteiger partial charge in [0, 0.05) is 22.3 Å². The van der Waals surface area contributed by atoms with Crippen LogP contribution in [0.1, 0.15) is 35.4 Å². The van der Waals surface area contributed by atoms with E-state index in [4.69, 9.17) is 21.1 Å². The highest BCUT2D eigenvalue weighted by atomic mass is 35.5. The van der Waals surface area contributed by atoms with Crippen molar-refractivity contribution in [2.75, 3.05) is 13.2 Å². The molecule has 12 nitrogen and oxygen atoms in total. The number of ether oxygens (including phenoxy) is 2. The number of nitrogens with zero attached hydrogens (tertiary/aromatic N) is 3. The first-order valence-electron chi connectivity index (χ1n) is 9.23. The van der Waals surface area contributed by atoms with Crippen molar-refractivity contribution < 1.29 is 34.1 Å². The van der Waals surface area contributed by atoms with Crippen LogP contribution in [0.4, 0.5) is 0 Å². The van der Waals surface area contributed by atoms with Gasteiger partial charge < -0.3 is 19.1 Å². The standard InChI is InChI=1S/C19H18ClN3O9/c1-11-16(32-18(24)19(2,9-30-22(25)26)10-31-23(27)28)15-8-29-17(14(15)7-21-11)12-3-5-13(20)6-4-12/h3-7,17H,8-10H2,1-2H3. The van der Waals surface area contributed by atoms with E-state index in [-0.39, 0.29) is 12.4 Å². The zero-order valence-electron chi connectivity index (χ0n) is 17.0. The second-order valence-electron chi connectivity index (χ2n) is 7.29. The first kappa shape index (κ1) is 23.2. The molecule has 1 aromatic carbocycles. The van der Waals surface area contributed by atoms with Crippen LogP contribution < -0.4 is 4.74 Å². The number of aryl methyl sites for hydroxylation is 1. The Labute approximate surface area is 186 Å². The predicted octanol–water partition coefficient (Wildman–Crippen LogP) is 2.99. The predicted molar refractivity (Wildman–Crippen MR) is 107 cm³/mol. The third kappa shape index (κ3) is 5.03. The van der Waals surface area contributed by atoms with Gasteiger partial charge in [-0.25, -0.2) is 0 Å². The van der Waals surface area contributed by atoms with Crippen molar-refractivity contribution >= 4 is 17.6 Å². The van der Waals surface area contributed by atoms with Crippen LogP contribution >= 0.6 is 11.6 Å². The molecule has 0 bridgehead atoms. The van der Waals surface area contributed by atoms with E-state index in [0.717, 1.165) is 5.56 Å². The molecule has 0 saturated heterocycles. The smallest absolute Gasteiger partial charge is 0.321 e. The number of rotatable bonds is 9. The van der Waals surface area contributed by atoms with Gasteiger partial charge >= 0.3 is 5.97 Å². The van der Waals surface area contributed by atoms with Gasteiger partial charge in [0.05, 0.1) is 12.3 Å². The molecule has 32 heavy (non-hydrogen) atoms. The Kier molecular flexibility index (Phi) is 6.75. The highest BCUT2D eigenvalue weighted by Crippen LogP contribution is 2.41. The molecule has 1 aromatic heterocycles. The molecule has 1 atom stereocenters. The van der Waals surface area contributed by atoms with Crippen molar-refractivity contribution in [3.8, 4) is 5.75 Å². The summed E-state index contributed by atoms with van der Waals surface area (Å²) in [5.41, 5.74) is 0.582. The highest BCUT2D eigenvalue weighted by molar-refractivity contribution is 6.30. The normalized spacial score (nSPS) is 15.0. The van der Waals surface area contributed by atoms with Crippen LogP contribution in [0.3, 0.4) is 0 Å². The number of aromatic nitrogens is 1. The summed E-state index contributed by atoms with van der Waals surface area (Å²) in [7, 11) is 0. The Morgan fingerprint density at radius 1 is 1.22 bits per heavy atom. The summed E-state index contributed by atoms with van der Waals surface area (Å²) in [5, 5.41) is 19.5. The Morgan fingerprint density at radius 2 is 1.81 bits per heavy atom. The fraction of sp³-hybridized carbons (Fsp3) is 0.368. The van der Waals surface area contributed by atoms with Crippen LogP contribution in [-0.4, -0.2) is 34.3 Å². The van der Waals surface area contributed by atoms with Crippen molar-refractivity contribution in [3.63, 3.8) is 0 Å².